The molecule has 3 heterocycles. The number of benzene rings is 1. The summed E-state index contributed by atoms with van der Waals surface area (Å²) in [5.41, 5.74) is 6.57. The number of carbonyl (C=O) groups is 1. The van der Waals surface area contributed by atoms with Crippen molar-refractivity contribution in [2.24, 2.45) is 5.10 Å². The van der Waals surface area contributed by atoms with E-state index in [-0.39, 0.29) is 6.17 Å². The van der Waals surface area contributed by atoms with Gasteiger partial charge in [0.2, 0.25) is 0 Å². The SMILES string of the molecule is O=C(O)[C@H](Cc1c[nH]c2ccccc12)N[C@@H]1CC(c2ccccn2)=NN1. The van der Waals surface area contributed by atoms with Crippen LogP contribution in [0, 0.1) is 0 Å². The van der Waals surface area contributed by atoms with E-state index in [1.807, 2.05) is 48.7 Å². The van der Waals surface area contributed by atoms with Crippen LogP contribution in [0.3, 0.4) is 0 Å². The Labute approximate surface area is 150 Å². The van der Waals surface area contributed by atoms with Gasteiger partial charge in [0, 0.05) is 36.1 Å². The molecule has 0 saturated carbocycles. The van der Waals surface area contributed by atoms with Crippen molar-refractivity contribution in [3.63, 3.8) is 0 Å². The minimum Gasteiger partial charge on any atom is -0.480 e. The lowest BCUT2D eigenvalue weighted by Gasteiger charge is -2.19. The highest BCUT2D eigenvalue weighted by Crippen LogP contribution is 2.19. The Morgan fingerprint density at radius 3 is 2.92 bits per heavy atom. The highest BCUT2D eigenvalue weighted by Gasteiger charge is 2.27. The van der Waals surface area contributed by atoms with Crippen molar-refractivity contribution in [2.75, 3.05) is 0 Å². The second-order valence-corrected chi connectivity index (χ2v) is 6.28. The lowest BCUT2D eigenvalue weighted by Crippen LogP contribution is -2.48. The zero-order valence-electron chi connectivity index (χ0n) is 14.0. The molecule has 4 N–H and O–H groups in total. The predicted octanol–water partition coefficient (Wildman–Crippen LogP) is 1.87. The molecule has 7 heteroatoms. The molecule has 0 unspecified atom stereocenters. The summed E-state index contributed by atoms with van der Waals surface area (Å²) in [5, 5.41) is 18.1. The van der Waals surface area contributed by atoms with Crippen molar-refractivity contribution in [1.82, 2.24) is 20.7 Å². The quantitative estimate of drug-likeness (QED) is 0.544. The lowest BCUT2D eigenvalue weighted by atomic mass is 10.0. The molecule has 7 nitrogen and oxygen atoms in total. The Morgan fingerprint density at radius 1 is 1.27 bits per heavy atom. The third-order valence-corrected chi connectivity index (χ3v) is 4.51. The number of nitrogens with zero attached hydrogens (tertiary/aromatic N) is 2. The molecule has 0 aliphatic carbocycles. The minimum atomic E-state index is -0.886. The van der Waals surface area contributed by atoms with Crippen LogP contribution in [0.15, 0.2) is 60.0 Å². The molecule has 2 atom stereocenters. The molecule has 0 saturated heterocycles. The molecular weight excluding hydrogens is 330 g/mol. The summed E-state index contributed by atoms with van der Waals surface area (Å²) in [5.74, 6) is -0.886. The number of fused-ring (bicyclic) bond motifs is 1. The Hall–Kier alpha value is -3.19. The van der Waals surface area contributed by atoms with Gasteiger partial charge in [-0.3, -0.25) is 20.5 Å². The van der Waals surface area contributed by atoms with Crippen molar-refractivity contribution in [3.05, 3.63) is 66.1 Å². The Morgan fingerprint density at radius 2 is 2.12 bits per heavy atom. The molecule has 1 aliphatic heterocycles. The summed E-state index contributed by atoms with van der Waals surface area (Å²) >= 11 is 0. The van der Waals surface area contributed by atoms with E-state index in [0.29, 0.717) is 12.8 Å². The number of H-pyrrole nitrogens is 1. The number of carboxylic acid groups (broad SMARTS) is 1. The maximum Gasteiger partial charge on any atom is 0.321 e. The van der Waals surface area contributed by atoms with E-state index in [0.717, 1.165) is 27.9 Å². The summed E-state index contributed by atoms with van der Waals surface area (Å²) in [6.45, 7) is 0. The topological polar surface area (TPSA) is 102 Å². The molecular formula is C19H19N5O2. The first-order chi connectivity index (χ1) is 12.7. The van der Waals surface area contributed by atoms with Crippen LogP contribution in [0.4, 0.5) is 0 Å². The van der Waals surface area contributed by atoms with Crippen LogP contribution in [-0.2, 0) is 11.2 Å². The number of nitrogens with one attached hydrogen (secondary N) is 3. The number of carboxylic acids is 1. The van der Waals surface area contributed by atoms with Crippen molar-refractivity contribution < 1.29 is 9.90 Å². The largest absolute Gasteiger partial charge is 0.480 e. The third kappa shape index (κ3) is 3.29. The van der Waals surface area contributed by atoms with Crippen LogP contribution in [-0.4, -0.2) is 39.0 Å². The summed E-state index contributed by atoms with van der Waals surface area (Å²) in [7, 11) is 0. The maximum absolute atomic E-state index is 11.8. The summed E-state index contributed by atoms with van der Waals surface area (Å²) in [6.07, 6.45) is 4.32. The number of aromatic nitrogens is 2. The Bertz CT molecular complexity index is 951. The summed E-state index contributed by atoms with van der Waals surface area (Å²) in [6, 6.07) is 12.8. The number of aromatic amines is 1. The second-order valence-electron chi connectivity index (χ2n) is 6.28. The number of hydrazone groups is 1. The zero-order valence-corrected chi connectivity index (χ0v) is 14.0. The number of hydrogen-bond donors (Lipinski definition) is 4. The van der Waals surface area contributed by atoms with Crippen molar-refractivity contribution in [3.8, 4) is 0 Å². The number of pyridine rings is 1. The van der Waals surface area contributed by atoms with E-state index >= 15 is 0 Å². The fourth-order valence-corrected chi connectivity index (χ4v) is 3.21. The molecule has 0 amide bonds. The molecule has 2 aromatic heterocycles. The van der Waals surface area contributed by atoms with Gasteiger partial charge in [-0.2, -0.15) is 5.10 Å². The van der Waals surface area contributed by atoms with Crippen LogP contribution in [0.5, 0.6) is 0 Å². The molecule has 0 fully saturated rings. The van der Waals surface area contributed by atoms with Gasteiger partial charge in [0.1, 0.15) is 6.04 Å². The van der Waals surface area contributed by atoms with Crippen molar-refractivity contribution >= 4 is 22.6 Å². The first-order valence-electron chi connectivity index (χ1n) is 8.48. The first kappa shape index (κ1) is 16.3. The minimum absolute atomic E-state index is 0.238. The average molecular weight is 349 g/mol. The number of para-hydroxylation sites is 1. The van der Waals surface area contributed by atoms with Gasteiger partial charge in [-0.25, -0.2) is 0 Å². The van der Waals surface area contributed by atoms with Crippen LogP contribution < -0.4 is 10.7 Å². The van der Waals surface area contributed by atoms with E-state index in [1.165, 1.54) is 0 Å². The van der Waals surface area contributed by atoms with E-state index in [4.69, 9.17) is 0 Å². The highest BCUT2D eigenvalue weighted by molar-refractivity contribution is 6.00. The van der Waals surface area contributed by atoms with Gasteiger partial charge >= 0.3 is 5.97 Å². The normalized spacial score (nSPS) is 17.7. The van der Waals surface area contributed by atoms with Gasteiger partial charge in [0.05, 0.1) is 17.6 Å². The Balaban J connectivity index is 1.45. The molecule has 1 aromatic carbocycles. The van der Waals surface area contributed by atoms with Crippen LogP contribution in [0.2, 0.25) is 0 Å². The smallest absolute Gasteiger partial charge is 0.321 e. The summed E-state index contributed by atoms with van der Waals surface area (Å²) < 4.78 is 0. The lowest BCUT2D eigenvalue weighted by molar-refractivity contribution is -0.139. The predicted molar refractivity (Wildman–Crippen MR) is 98.9 cm³/mol. The second kappa shape index (κ2) is 6.97. The number of hydrogen-bond acceptors (Lipinski definition) is 5. The van der Waals surface area contributed by atoms with Gasteiger partial charge in [-0.15, -0.1) is 0 Å². The van der Waals surface area contributed by atoms with E-state index < -0.39 is 12.0 Å². The van der Waals surface area contributed by atoms with Gasteiger partial charge in [0.15, 0.2) is 0 Å². The van der Waals surface area contributed by atoms with Gasteiger partial charge in [-0.1, -0.05) is 24.3 Å². The molecule has 26 heavy (non-hydrogen) atoms. The molecule has 132 valence electrons. The first-order valence-corrected chi connectivity index (χ1v) is 8.48. The zero-order chi connectivity index (χ0) is 17.9. The standard InChI is InChI=1S/C19H19N5O2/c25-19(26)17(9-12-11-21-14-6-2-1-5-13(12)14)22-18-10-16(23-24-18)15-7-3-4-8-20-15/h1-8,11,17-18,21-22,24H,9-10H2,(H,25,26)/t17-,18-/m0/s1. The van der Waals surface area contributed by atoms with Gasteiger partial charge < -0.3 is 10.1 Å². The van der Waals surface area contributed by atoms with E-state index in [2.05, 4.69) is 25.8 Å². The molecule has 0 spiro atoms. The van der Waals surface area contributed by atoms with Crippen LogP contribution in [0.1, 0.15) is 17.7 Å². The Kier molecular flexibility index (Phi) is 4.37. The molecule has 4 rings (SSSR count). The van der Waals surface area contributed by atoms with E-state index in [1.54, 1.807) is 6.20 Å². The molecule has 0 bridgehead atoms. The maximum atomic E-state index is 11.8. The number of aliphatic carboxylic acids is 1. The van der Waals surface area contributed by atoms with Gasteiger partial charge in [0.25, 0.3) is 0 Å². The van der Waals surface area contributed by atoms with Crippen LogP contribution in [0.25, 0.3) is 10.9 Å². The molecule has 3 aromatic rings. The fourth-order valence-electron chi connectivity index (χ4n) is 3.21. The number of rotatable bonds is 6. The third-order valence-electron chi connectivity index (χ3n) is 4.51. The van der Waals surface area contributed by atoms with E-state index in [9.17, 15) is 9.90 Å². The fraction of sp³-hybridized carbons (Fsp3) is 0.211. The molecule has 0 radical (unpaired) electrons. The highest BCUT2D eigenvalue weighted by atomic mass is 16.4. The van der Waals surface area contributed by atoms with Crippen molar-refractivity contribution in [2.45, 2.75) is 25.0 Å². The summed E-state index contributed by atoms with van der Waals surface area (Å²) in [4.78, 5) is 19.2. The van der Waals surface area contributed by atoms with Gasteiger partial charge in [-0.05, 0) is 23.8 Å². The monoisotopic (exact) mass is 349 g/mol. The van der Waals surface area contributed by atoms with Crippen molar-refractivity contribution in [1.29, 1.82) is 0 Å². The molecule has 1 aliphatic rings. The average Bonchev–Trinajstić information content (AvgIpc) is 3.29. The van der Waals surface area contributed by atoms with Crippen LogP contribution >= 0.6 is 0 Å².